The summed E-state index contributed by atoms with van der Waals surface area (Å²) in [4.78, 5) is 11.9. The molecule has 0 radical (unpaired) electrons. The van der Waals surface area contributed by atoms with Crippen LogP contribution in [0.25, 0.3) is 0 Å². The minimum Gasteiger partial charge on any atom is -0.466 e. The highest BCUT2D eigenvalue weighted by atomic mass is 16.5. The minimum absolute atomic E-state index is 0.0152. The summed E-state index contributed by atoms with van der Waals surface area (Å²) >= 11 is 0. The second-order valence-electron chi connectivity index (χ2n) is 5.75. The fourth-order valence-electron chi connectivity index (χ4n) is 2.88. The third kappa shape index (κ3) is 4.27. The molecule has 2 unspecified atom stereocenters. The van der Waals surface area contributed by atoms with Gasteiger partial charge >= 0.3 is 5.97 Å². The zero-order chi connectivity index (χ0) is 13.4. The number of carbonyl (C=O) groups is 1. The van der Waals surface area contributed by atoms with Crippen LogP contribution in [0, 0.1) is 11.3 Å². The lowest BCUT2D eigenvalue weighted by Gasteiger charge is -2.29. The van der Waals surface area contributed by atoms with E-state index in [1.54, 1.807) is 0 Å². The number of nitrogens with one attached hydrogen (secondary N) is 1. The largest absolute Gasteiger partial charge is 0.466 e. The molecule has 1 aliphatic heterocycles. The maximum absolute atomic E-state index is 11.9. The lowest BCUT2D eigenvalue weighted by atomic mass is 9.76. The lowest BCUT2D eigenvalue weighted by Crippen LogP contribution is -2.33. The van der Waals surface area contributed by atoms with Crippen molar-refractivity contribution in [3.63, 3.8) is 0 Å². The minimum atomic E-state index is -0.0152. The molecule has 0 aliphatic carbocycles. The van der Waals surface area contributed by atoms with Gasteiger partial charge in [0.05, 0.1) is 12.5 Å². The molecule has 3 nitrogen and oxygen atoms in total. The smallest absolute Gasteiger partial charge is 0.310 e. The molecular weight excluding hydrogens is 226 g/mol. The zero-order valence-electron chi connectivity index (χ0n) is 12.3. The number of unbranched alkanes of at least 4 members (excludes halogenated alkanes) is 4. The summed E-state index contributed by atoms with van der Waals surface area (Å²) in [6, 6.07) is 0. The van der Waals surface area contributed by atoms with E-state index in [1.807, 2.05) is 6.92 Å². The predicted molar refractivity (Wildman–Crippen MR) is 74.5 cm³/mol. The fraction of sp³-hybridized carbons (Fsp3) is 0.933. The number of esters is 1. The highest BCUT2D eigenvalue weighted by Gasteiger charge is 2.43. The molecule has 2 atom stereocenters. The first-order chi connectivity index (χ1) is 8.64. The van der Waals surface area contributed by atoms with Crippen molar-refractivity contribution in [1.82, 2.24) is 5.32 Å². The van der Waals surface area contributed by atoms with Crippen molar-refractivity contribution in [2.75, 3.05) is 19.7 Å². The SMILES string of the molecule is CCCCCCCC1(C)CNCC1C(=O)OCC. The molecule has 1 rings (SSSR count). The van der Waals surface area contributed by atoms with Gasteiger partial charge in [0, 0.05) is 13.1 Å². The van der Waals surface area contributed by atoms with E-state index in [4.69, 9.17) is 4.74 Å². The van der Waals surface area contributed by atoms with Crippen LogP contribution in [0.3, 0.4) is 0 Å². The Labute approximate surface area is 112 Å². The van der Waals surface area contributed by atoms with Gasteiger partial charge in [-0.1, -0.05) is 46.0 Å². The molecule has 0 saturated carbocycles. The number of carbonyl (C=O) groups excluding carboxylic acids is 1. The molecule has 0 bridgehead atoms. The van der Waals surface area contributed by atoms with E-state index >= 15 is 0 Å². The van der Waals surface area contributed by atoms with Crippen molar-refractivity contribution in [2.45, 2.75) is 59.3 Å². The first-order valence-corrected chi connectivity index (χ1v) is 7.51. The first kappa shape index (κ1) is 15.5. The molecule has 1 aliphatic rings. The van der Waals surface area contributed by atoms with Crippen LogP contribution in [0.5, 0.6) is 0 Å². The van der Waals surface area contributed by atoms with Gasteiger partial charge in [0.1, 0.15) is 0 Å². The van der Waals surface area contributed by atoms with Crippen LogP contribution in [-0.2, 0) is 9.53 Å². The average Bonchev–Trinajstić information content (AvgIpc) is 2.72. The highest BCUT2D eigenvalue weighted by molar-refractivity contribution is 5.74. The number of hydrogen-bond donors (Lipinski definition) is 1. The van der Waals surface area contributed by atoms with Crippen LogP contribution in [0.15, 0.2) is 0 Å². The Morgan fingerprint density at radius 1 is 1.28 bits per heavy atom. The summed E-state index contributed by atoms with van der Waals surface area (Å²) in [7, 11) is 0. The summed E-state index contributed by atoms with van der Waals surface area (Å²) in [6.07, 6.45) is 7.59. The highest BCUT2D eigenvalue weighted by Crippen LogP contribution is 2.37. The molecular formula is C15H29NO2. The Morgan fingerprint density at radius 3 is 2.67 bits per heavy atom. The van der Waals surface area contributed by atoms with Crippen LogP contribution < -0.4 is 5.32 Å². The molecule has 106 valence electrons. The Bertz CT molecular complexity index is 255. The Morgan fingerprint density at radius 2 is 2.00 bits per heavy atom. The van der Waals surface area contributed by atoms with Gasteiger partial charge in [-0.2, -0.15) is 0 Å². The second kappa shape index (κ2) is 7.78. The Hall–Kier alpha value is -0.570. The van der Waals surface area contributed by atoms with Crippen molar-refractivity contribution < 1.29 is 9.53 Å². The quantitative estimate of drug-likeness (QED) is 0.535. The maximum Gasteiger partial charge on any atom is 0.310 e. The summed E-state index contributed by atoms with van der Waals surface area (Å²) in [6.45, 7) is 8.56. The van der Waals surface area contributed by atoms with Gasteiger partial charge in [0.15, 0.2) is 0 Å². The molecule has 0 amide bonds. The fourth-order valence-corrected chi connectivity index (χ4v) is 2.88. The van der Waals surface area contributed by atoms with Gasteiger partial charge in [0.25, 0.3) is 0 Å². The van der Waals surface area contributed by atoms with Crippen LogP contribution in [-0.4, -0.2) is 25.7 Å². The molecule has 1 N–H and O–H groups in total. The van der Waals surface area contributed by atoms with Gasteiger partial charge in [0.2, 0.25) is 0 Å². The third-order valence-electron chi connectivity index (χ3n) is 4.14. The molecule has 0 spiro atoms. The van der Waals surface area contributed by atoms with Crippen molar-refractivity contribution in [3.8, 4) is 0 Å². The summed E-state index contributed by atoms with van der Waals surface area (Å²) < 4.78 is 5.19. The molecule has 1 saturated heterocycles. The van der Waals surface area contributed by atoms with Gasteiger partial charge in [-0.05, 0) is 18.8 Å². The zero-order valence-corrected chi connectivity index (χ0v) is 12.3. The van der Waals surface area contributed by atoms with Gasteiger partial charge < -0.3 is 10.1 Å². The van der Waals surface area contributed by atoms with Crippen molar-refractivity contribution in [3.05, 3.63) is 0 Å². The van der Waals surface area contributed by atoms with Crippen LogP contribution in [0.4, 0.5) is 0 Å². The number of ether oxygens (including phenoxy) is 1. The molecule has 0 aromatic rings. The topological polar surface area (TPSA) is 38.3 Å². The molecule has 3 heteroatoms. The lowest BCUT2D eigenvalue weighted by molar-refractivity contribution is -0.150. The Kier molecular flexibility index (Phi) is 6.69. The monoisotopic (exact) mass is 255 g/mol. The maximum atomic E-state index is 11.9. The van der Waals surface area contributed by atoms with E-state index < -0.39 is 0 Å². The molecule has 1 fully saturated rings. The van der Waals surface area contributed by atoms with Crippen molar-refractivity contribution >= 4 is 5.97 Å². The van der Waals surface area contributed by atoms with Gasteiger partial charge in [-0.3, -0.25) is 4.79 Å². The van der Waals surface area contributed by atoms with Crippen LogP contribution in [0.2, 0.25) is 0 Å². The molecule has 0 aromatic heterocycles. The standard InChI is InChI=1S/C15H29NO2/c1-4-6-7-8-9-10-15(3)12-16-11-13(15)14(17)18-5-2/h13,16H,4-12H2,1-3H3. The van der Waals surface area contributed by atoms with E-state index in [2.05, 4.69) is 19.2 Å². The summed E-state index contributed by atoms with van der Waals surface area (Å²) in [5, 5.41) is 3.35. The summed E-state index contributed by atoms with van der Waals surface area (Å²) in [5.74, 6) is 0.0298. The average molecular weight is 255 g/mol. The first-order valence-electron chi connectivity index (χ1n) is 7.51. The van der Waals surface area contributed by atoms with Crippen LogP contribution in [0.1, 0.15) is 59.3 Å². The van der Waals surface area contributed by atoms with Crippen molar-refractivity contribution in [1.29, 1.82) is 0 Å². The number of rotatable bonds is 8. The normalized spacial score (nSPS) is 27.4. The van der Waals surface area contributed by atoms with E-state index in [9.17, 15) is 4.79 Å². The number of hydrogen-bond acceptors (Lipinski definition) is 3. The van der Waals surface area contributed by atoms with Crippen molar-refractivity contribution in [2.24, 2.45) is 11.3 Å². The van der Waals surface area contributed by atoms with Crippen LogP contribution >= 0.6 is 0 Å². The predicted octanol–water partition coefficient (Wildman–Crippen LogP) is 3.14. The van der Waals surface area contributed by atoms with E-state index in [1.165, 1.54) is 32.1 Å². The van der Waals surface area contributed by atoms with E-state index in [0.29, 0.717) is 6.61 Å². The molecule has 1 heterocycles. The van der Waals surface area contributed by atoms with Gasteiger partial charge in [-0.25, -0.2) is 0 Å². The molecule has 0 aromatic carbocycles. The summed E-state index contributed by atoms with van der Waals surface area (Å²) in [5.41, 5.74) is 0.0957. The van der Waals surface area contributed by atoms with Gasteiger partial charge in [-0.15, -0.1) is 0 Å². The van der Waals surface area contributed by atoms with E-state index in [-0.39, 0.29) is 17.3 Å². The second-order valence-corrected chi connectivity index (χ2v) is 5.75. The molecule has 18 heavy (non-hydrogen) atoms. The third-order valence-corrected chi connectivity index (χ3v) is 4.14. The Balaban J connectivity index is 2.37. The van der Waals surface area contributed by atoms with E-state index in [0.717, 1.165) is 19.5 Å².